The summed E-state index contributed by atoms with van der Waals surface area (Å²) in [5, 5.41) is 13.8. The van der Waals surface area contributed by atoms with Gasteiger partial charge >= 0.3 is 0 Å². The van der Waals surface area contributed by atoms with Crippen LogP contribution in [0.1, 0.15) is 40.6 Å². The Kier molecular flexibility index (Phi) is 4.18. The molecular weight excluding hydrogens is 234 g/mol. The van der Waals surface area contributed by atoms with E-state index in [-0.39, 0.29) is 18.4 Å². The van der Waals surface area contributed by atoms with E-state index in [9.17, 15) is 4.79 Å². The van der Waals surface area contributed by atoms with E-state index >= 15 is 0 Å². The fraction of sp³-hybridized carbons (Fsp3) is 0.615. The molecule has 1 aliphatic rings. The second-order valence-corrected chi connectivity index (χ2v) is 5.72. The number of aryl methyl sites for hydroxylation is 1. The zero-order valence-electron chi connectivity index (χ0n) is 10.2. The minimum absolute atomic E-state index is 0.0182. The summed E-state index contributed by atoms with van der Waals surface area (Å²) in [6.07, 6.45) is 4.60. The van der Waals surface area contributed by atoms with E-state index in [1.807, 2.05) is 12.3 Å². The van der Waals surface area contributed by atoms with E-state index in [1.165, 1.54) is 23.3 Å². The molecule has 0 spiro atoms. The lowest BCUT2D eigenvalue weighted by molar-refractivity contribution is 0.0941. The molecule has 3 nitrogen and oxygen atoms in total. The Morgan fingerprint density at radius 2 is 2.29 bits per heavy atom. The lowest BCUT2D eigenvalue weighted by atomic mass is 9.95. The third kappa shape index (κ3) is 2.87. The first-order valence-electron chi connectivity index (χ1n) is 6.20. The molecule has 0 fully saturated rings. The van der Waals surface area contributed by atoms with E-state index in [1.54, 1.807) is 11.3 Å². The summed E-state index contributed by atoms with van der Waals surface area (Å²) in [5.74, 6) is 0.137. The van der Waals surface area contributed by atoms with Crippen LogP contribution in [0, 0.1) is 5.92 Å². The predicted octanol–water partition coefficient (Wildman–Crippen LogP) is 1.99. The zero-order chi connectivity index (χ0) is 12.3. The van der Waals surface area contributed by atoms with Crippen LogP contribution in [0.15, 0.2) is 5.38 Å². The Bertz CT molecular complexity index is 400. The van der Waals surface area contributed by atoms with Crippen molar-refractivity contribution in [2.24, 2.45) is 5.92 Å². The number of carbonyl (C=O) groups excluding carboxylic acids is 1. The van der Waals surface area contributed by atoms with Gasteiger partial charge in [0.2, 0.25) is 0 Å². The highest BCUT2D eigenvalue weighted by Gasteiger charge is 2.19. The number of fused-ring (bicyclic) bond motifs is 1. The van der Waals surface area contributed by atoms with Crippen LogP contribution in [0.3, 0.4) is 0 Å². The molecule has 17 heavy (non-hydrogen) atoms. The van der Waals surface area contributed by atoms with Gasteiger partial charge in [0.25, 0.3) is 5.91 Å². The molecule has 2 rings (SSSR count). The highest BCUT2D eigenvalue weighted by Crippen LogP contribution is 2.30. The number of rotatable bonds is 4. The van der Waals surface area contributed by atoms with Gasteiger partial charge in [-0.25, -0.2) is 0 Å². The van der Waals surface area contributed by atoms with Gasteiger partial charge in [-0.1, -0.05) is 6.92 Å². The molecule has 4 heteroatoms. The molecule has 2 N–H and O–H groups in total. The predicted molar refractivity (Wildman–Crippen MR) is 69.5 cm³/mol. The van der Waals surface area contributed by atoms with E-state index in [0.717, 1.165) is 18.4 Å². The van der Waals surface area contributed by atoms with Crippen molar-refractivity contribution in [3.05, 3.63) is 21.4 Å². The molecular formula is C13H19NO2S. The quantitative estimate of drug-likeness (QED) is 0.862. The van der Waals surface area contributed by atoms with E-state index < -0.39 is 0 Å². The number of hydrogen-bond acceptors (Lipinski definition) is 3. The topological polar surface area (TPSA) is 49.3 Å². The third-order valence-electron chi connectivity index (χ3n) is 3.23. The summed E-state index contributed by atoms with van der Waals surface area (Å²) in [7, 11) is 0. The van der Waals surface area contributed by atoms with Crippen LogP contribution in [0.25, 0.3) is 0 Å². The molecule has 0 aromatic carbocycles. The van der Waals surface area contributed by atoms with Crippen molar-refractivity contribution in [3.63, 3.8) is 0 Å². The molecule has 1 unspecified atom stereocenters. The third-order valence-corrected chi connectivity index (χ3v) is 4.32. The summed E-state index contributed by atoms with van der Waals surface area (Å²) in [4.78, 5) is 13.4. The minimum atomic E-state index is 0.0182. The number of nitrogens with one attached hydrogen (secondary N) is 1. The maximum absolute atomic E-state index is 12.0. The van der Waals surface area contributed by atoms with Crippen molar-refractivity contribution >= 4 is 17.2 Å². The normalized spacial score (nSPS) is 16.4. The maximum Gasteiger partial charge on any atom is 0.252 e. The Balaban J connectivity index is 2.02. The molecule has 0 saturated carbocycles. The molecule has 94 valence electrons. The molecule has 0 saturated heterocycles. The fourth-order valence-electron chi connectivity index (χ4n) is 2.11. The molecule has 0 aliphatic heterocycles. The Hall–Kier alpha value is -0.870. The van der Waals surface area contributed by atoms with Crippen LogP contribution < -0.4 is 5.32 Å². The first kappa shape index (κ1) is 12.6. The fourth-order valence-corrected chi connectivity index (χ4v) is 3.24. The summed E-state index contributed by atoms with van der Waals surface area (Å²) < 4.78 is 0. The van der Waals surface area contributed by atoms with E-state index in [4.69, 9.17) is 5.11 Å². The van der Waals surface area contributed by atoms with Gasteiger partial charge in [0.05, 0.1) is 5.56 Å². The Morgan fingerprint density at radius 1 is 1.53 bits per heavy atom. The number of carbonyl (C=O) groups is 1. The van der Waals surface area contributed by atoms with Gasteiger partial charge in [-0.15, -0.1) is 11.3 Å². The molecule has 1 atom stereocenters. The Labute approximate surface area is 106 Å². The number of amides is 1. The van der Waals surface area contributed by atoms with Crippen LogP contribution in [-0.2, 0) is 12.8 Å². The first-order valence-corrected chi connectivity index (χ1v) is 7.08. The van der Waals surface area contributed by atoms with Gasteiger partial charge in [0, 0.05) is 23.4 Å². The monoisotopic (exact) mass is 253 g/mol. The SMILES string of the molecule is CC(CO)CNC(=O)c1csc2c1CCCC2. The molecule has 0 radical (unpaired) electrons. The average molecular weight is 253 g/mol. The molecule has 1 aliphatic carbocycles. The van der Waals surface area contributed by atoms with Crippen molar-refractivity contribution in [1.29, 1.82) is 0 Å². The highest BCUT2D eigenvalue weighted by molar-refractivity contribution is 7.10. The number of hydrogen-bond donors (Lipinski definition) is 2. The zero-order valence-corrected chi connectivity index (χ0v) is 11.0. The molecule has 0 bridgehead atoms. The summed E-state index contributed by atoms with van der Waals surface area (Å²) in [6.45, 7) is 2.57. The van der Waals surface area contributed by atoms with E-state index in [0.29, 0.717) is 6.54 Å². The van der Waals surface area contributed by atoms with Gasteiger partial charge < -0.3 is 10.4 Å². The van der Waals surface area contributed by atoms with Gasteiger partial charge in [-0.2, -0.15) is 0 Å². The number of aliphatic hydroxyl groups excluding tert-OH is 1. The molecule has 1 aromatic heterocycles. The second-order valence-electron chi connectivity index (χ2n) is 4.76. The maximum atomic E-state index is 12.0. The number of aliphatic hydroxyl groups is 1. The molecule has 1 amide bonds. The highest BCUT2D eigenvalue weighted by atomic mass is 32.1. The van der Waals surface area contributed by atoms with Gasteiger partial charge in [0.15, 0.2) is 0 Å². The van der Waals surface area contributed by atoms with Crippen LogP contribution in [0.4, 0.5) is 0 Å². The largest absolute Gasteiger partial charge is 0.396 e. The standard InChI is InChI=1S/C13H19NO2S/c1-9(7-15)6-14-13(16)11-8-17-12-5-3-2-4-10(11)12/h8-9,15H,2-7H2,1H3,(H,14,16). The van der Waals surface area contributed by atoms with Crippen LogP contribution >= 0.6 is 11.3 Å². The second kappa shape index (κ2) is 5.65. The first-order chi connectivity index (χ1) is 8.22. The minimum Gasteiger partial charge on any atom is -0.396 e. The van der Waals surface area contributed by atoms with Crippen molar-refractivity contribution in [2.45, 2.75) is 32.6 Å². The van der Waals surface area contributed by atoms with Gasteiger partial charge in [-0.05, 0) is 37.2 Å². The summed E-state index contributed by atoms with van der Waals surface area (Å²) in [5.41, 5.74) is 2.12. The number of thiophene rings is 1. The Morgan fingerprint density at radius 3 is 3.06 bits per heavy atom. The average Bonchev–Trinajstić information content (AvgIpc) is 2.79. The molecule has 1 heterocycles. The summed E-state index contributed by atoms with van der Waals surface area (Å²) >= 11 is 1.71. The van der Waals surface area contributed by atoms with Crippen molar-refractivity contribution in [3.8, 4) is 0 Å². The lowest BCUT2D eigenvalue weighted by Gasteiger charge is -2.13. The van der Waals surface area contributed by atoms with Gasteiger partial charge in [-0.3, -0.25) is 4.79 Å². The summed E-state index contributed by atoms with van der Waals surface area (Å²) in [6, 6.07) is 0. The van der Waals surface area contributed by atoms with Crippen molar-refractivity contribution < 1.29 is 9.90 Å². The van der Waals surface area contributed by atoms with Crippen molar-refractivity contribution in [2.75, 3.05) is 13.2 Å². The van der Waals surface area contributed by atoms with Crippen molar-refractivity contribution in [1.82, 2.24) is 5.32 Å². The van der Waals surface area contributed by atoms with Crippen LogP contribution in [-0.4, -0.2) is 24.2 Å². The lowest BCUT2D eigenvalue weighted by Crippen LogP contribution is -2.30. The van der Waals surface area contributed by atoms with Crippen LogP contribution in [0.5, 0.6) is 0 Å². The van der Waals surface area contributed by atoms with Gasteiger partial charge in [0.1, 0.15) is 0 Å². The van der Waals surface area contributed by atoms with E-state index in [2.05, 4.69) is 5.32 Å². The smallest absolute Gasteiger partial charge is 0.252 e. The molecule has 1 aromatic rings. The van der Waals surface area contributed by atoms with Crippen LogP contribution in [0.2, 0.25) is 0 Å².